The van der Waals surface area contributed by atoms with Crippen LogP contribution in [0.3, 0.4) is 0 Å². The monoisotopic (exact) mass is 620 g/mol. The van der Waals surface area contributed by atoms with Gasteiger partial charge in [-0.15, -0.1) is 0 Å². The van der Waals surface area contributed by atoms with Gasteiger partial charge in [0.2, 0.25) is 0 Å². The molecule has 43 heavy (non-hydrogen) atoms. The van der Waals surface area contributed by atoms with E-state index in [0.29, 0.717) is 36.8 Å². The van der Waals surface area contributed by atoms with Crippen LogP contribution in [-0.2, 0) is 6.18 Å². The summed E-state index contributed by atoms with van der Waals surface area (Å²) in [7, 11) is 0. The van der Waals surface area contributed by atoms with E-state index in [2.05, 4.69) is 6.92 Å². The summed E-state index contributed by atoms with van der Waals surface area (Å²) in [6, 6.07) is 1.17. The molecule has 0 radical (unpaired) electrons. The molecule has 3 aliphatic rings. The van der Waals surface area contributed by atoms with Crippen LogP contribution in [0.5, 0.6) is 5.75 Å². The maximum atomic E-state index is 15.1. The Morgan fingerprint density at radius 3 is 1.37 bits per heavy atom. The van der Waals surface area contributed by atoms with Gasteiger partial charge in [-0.1, -0.05) is 19.8 Å². The molecule has 3 aliphatic carbocycles. The molecule has 5 rings (SSSR count). The maximum absolute atomic E-state index is 15.1. The highest BCUT2D eigenvalue weighted by molar-refractivity contribution is 5.66. The minimum absolute atomic E-state index is 0.143. The van der Waals surface area contributed by atoms with Crippen molar-refractivity contribution < 1.29 is 44.3 Å². The summed E-state index contributed by atoms with van der Waals surface area (Å²) in [5, 5.41) is 0. The topological polar surface area (TPSA) is 9.23 Å². The normalized spacial score (nSPS) is 29.0. The molecule has 0 amide bonds. The van der Waals surface area contributed by atoms with Crippen LogP contribution >= 0.6 is 0 Å². The van der Waals surface area contributed by atoms with Crippen molar-refractivity contribution in [3.63, 3.8) is 0 Å². The molecule has 2 aromatic carbocycles. The van der Waals surface area contributed by atoms with Gasteiger partial charge in [-0.2, -0.15) is 22.0 Å². The van der Waals surface area contributed by atoms with E-state index < -0.39 is 63.9 Å². The number of hydrogen-bond acceptors (Lipinski definition) is 1. The summed E-state index contributed by atoms with van der Waals surface area (Å²) in [5.41, 5.74) is -4.11. The highest BCUT2D eigenvalue weighted by Gasteiger charge is 2.46. The Labute approximate surface area is 246 Å². The second kappa shape index (κ2) is 12.5. The molecule has 0 N–H and O–H groups in total. The van der Waals surface area contributed by atoms with Crippen molar-refractivity contribution in [3.05, 3.63) is 53.1 Å². The molecule has 0 spiro atoms. The molecule has 10 heteroatoms. The largest absolute Gasteiger partial charge is 0.432 e. The Kier molecular flexibility index (Phi) is 9.34. The third-order valence-corrected chi connectivity index (χ3v) is 10.3. The number of ether oxygens (including phenoxy) is 1. The lowest BCUT2D eigenvalue weighted by Gasteiger charge is -2.41. The zero-order valence-electron chi connectivity index (χ0n) is 24.1. The van der Waals surface area contributed by atoms with Gasteiger partial charge in [0.05, 0.1) is 11.5 Å². The Morgan fingerprint density at radius 1 is 0.558 bits per heavy atom. The number of halogens is 9. The molecule has 0 bridgehead atoms. The fourth-order valence-corrected chi connectivity index (χ4v) is 7.89. The summed E-state index contributed by atoms with van der Waals surface area (Å²) >= 11 is 0. The van der Waals surface area contributed by atoms with E-state index in [-0.39, 0.29) is 25.0 Å². The summed E-state index contributed by atoms with van der Waals surface area (Å²) in [6.07, 6.45) is 2.57. The van der Waals surface area contributed by atoms with E-state index in [1.165, 1.54) is 38.5 Å². The number of benzene rings is 2. The van der Waals surface area contributed by atoms with Crippen LogP contribution in [0.2, 0.25) is 0 Å². The van der Waals surface area contributed by atoms with Gasteiger partial charge < -0.3 is 4.74 Å². The first-order chi connectivity index (χ1) is 20.2. The van der Waals surface area contributed by atoms with Crippen LogP contribution in [0, 0.1) is 58.8 Å². The molecule has 0 unspecified atom stereocenters. The van der Waals surface area contributed by atoms with Gasteiger partial charge >= 0.3 is 12.3 Å². The van der Waals surface area contributed by atoms with Crippen molar-refractivity contribution in [2.75, 3.05) is 0 Å². The lowest BCUT2D eigenvalue weighted by molar-refractivity contribution is -0.224. The van der Waals surface area contributed by atoms with E-state index in [4.69, 9.17) is 4.74 Å². The summed E-state index contributed by atoms with van der Waals surface area (Å²) in [6.45, 7) is 2.32. The van der Waals surface area contributed by atoms with Crippen molar-refractivity contribution in [1.82, 2.24) is 0 Å². The predicted molar refractivity (Wildman–Crippen MR) is 144 cm³/mol. The van der Waals surface area contributed by atoms with Crippen LogP contribution in [0.25, 0.3) is 11.1 Å². The standard InChI is InChI=1S/C33H37F9O/c1-18-2-4-19(5-3-18)20-6-8-21(9-7-20)22-10-12-24(13-11-22)33(41,42)43-25-16-26(34)30(27(35)17-25)23-14-28(36)31(29(37)15-23)32(38,39)40/h14-22,24H,2-13H2,1H3. The van der Waals surface area contributed by atoms with Gasteiger partial charge in [0.25, 0.3) is 0 Å². The van der Waals surface area contributed by atoms with Crippen LogP contribution in [0.1, 0.15) is 89.5 Å². The predicted octanol–water partition coefficient (Wildman–Crippen LogP) is 11.3. The third kappa shape index (κ3) is 7.14. The van der Waals surface area contributed by atoms with Gasteiger partial charge in [-0.05, 0) is 111 Å². The molecule has 2 aromatic rings. The second-order valence-electron chi connectivity index (χ2n) is 13.0. The minimum atomic E-state index is -5.36. The molecule has 238 valence electrons. The Morgan fingerprint density at radius 2 is 0.953 bits per heavy atom. The average molecular weight is 621 g/mol. The highest BCUT2D eigenvalue weighted by atomic mass is 19.4. The maximum Gasteiger partial charge on any atom is 0.422 e. The van der Waals surface area contributed by atoms with E-state index in [9.17, 15) is 30.7 Å². The summed E-state index contributed by atoms with van der Waals surface area (Å²) < 4.78 is 131. The quantitative estimate of drug-likeness (QED) is 0.292. The first-order valence-electron chi connectivity index (χ1n) is 15.4. The van der Waals surface area contributed by atoms with Crippen LogP contribution in [-0.4, -0.2) is 6.11 Å². The fourth-order valence-electron chi connectivity index (χ4n) is 7.89. The molecule has 3 fully saturated rings. The first kappa shape index (κ1) is 32.0. The van der Waals surface area contributed by atoms with Crippen LogP contribution in [0.4, 0.5) is 39.5 Å². The number of hydrogen-bond donors (Lipinski definition) is 0. The van der Waals surface area contributed by atoms with Crippen molar-refractivity contribution >= 4 is 0 Å². The van der Waals surface area contributed by atoms with E-state index >= 15 is 8.78 Å². The first-order valence-corrected chi connectivity index (χ1v) is 15.4. The lowest BCUT2D eigenvalue weighted by atomic mass is 9.65. The molecular weight excluding hydrogens is 583 g/mol. The fraction of sp³-hybridized carbons (Fsp3) is 0.636. The number of rotatable bonds is 6. The second-order valence-corrected chi connectivity index (χ2v) is 13.0. The molecule has 1 nitrogen and oxygen atoms in total. The molecule has 0 saturated heterocycles. The van der Waals surface area contributed by atoms with Gasteiger partial charge in [-0.25, -0.2) is 17.6 Å². The van der Waals surface area contributed by atoms with Crippen molar-refractivity contribution in [2.45, 2.75) is 96.3 Å². The highest BCUT2D eigenvalue weighted by Crippen LogP contribution is 2.48. The summed E-state index contributed by atoms with van der Waals surface area (Å²) in [4.78, 5) is 0. The van der Waals surface area contributed by atoms with Crippen LogP contribution < -0.4 is 4.74 Å². The Hall–Kier alpha value is -2.39. The molecule has 0 atom stereocenters. The molecular formula is C33H37F9O. The van der Waals surface area contributed by atoms with Gasteiger partial charge in [0, 0.05) is 12.1 Å². The number of alkyl halides is 5. The van der Waals surface area contributed by atoms with Gasteiger partial charge in [0.15, 0.2) is 0 Å². The zero-order valence-corrected chi connectivity index (χ0v) is 24.1. The third-order valence-electron chi connectivity index (χ3n) is 10.3. The molecule has 0 heterocycles. The van der Waals surface area contributed by atoms with Crippen molar-refractivity contribution in [3.8, 4) is 16.9 Å². The van der Waals surface area contributed by atoms with Crippen LogP contribution in [0.15, 0.2) is 24.3 Å². The van der Waals surface area contributed by atoms with E-state index in [0.717, 1.165) is 30.6 Å². The average Bonchev–Trinajstić information content (AvgIpc) is 2.92. The zero-order chi connectivity index (χ0) is 31.1. The van der Waals surface area contributed by atoms with Gasteiger partial charge in [0.1, 0.15) is 34.6 Å². The molecule has 0 aromatic heterocycles. The van der Waals surface area contributed by atoms with Crippen molar-refractivity contribution in [1.29, 1.82) is 0 Å². The SMILES string of the molecule is CC1CCC(C2CCC(C3CCC(C(F)(F)Oc4cc(F)c(-c5cc(F)c(C(F)(F)F)c(F)c5)c(F)c4)CC3)CC2)CC1. The Balaban J connectivity index is 1.18. The lowest BCUT2D eigenvalue weighted by Crippen LogP contribution is -2.38. The summed E-state index contributed by atoms with van der Waals surface area (Å²) in [5.74, 6) is -5.77. The van der Waals surface area contributed by atoms with E-state index in [1.54, 1.807) is 0 Å². The van der Waals surface area contributed by atoms with Crippen molar-refractivity contribution in [2.24, 2.45) is 35.5 Å². The van der Waals surface area contributed by atoms with E-state index in [1.807, 2.05) is 0 Å². The Bertz CT molecular complexity index is 1220. The molecule has 0 aliphatic heterocycles. The van der Waals surface area contributed by atoms with Gasteiger partial charge in [-0.3, -0.25) is 0 Å². The molecule has 3 saturated carbocycles. The smallest absolute Gasteiger partial charge is 0.422 e. The minimum Gasteiger partial charge on any atom is -0.432 e.